The van der Waals surface area contributed by atoms with Crippen LogP contribution in [0.3, 0.4) is 0 Å². The first-order valence-corrected chi connectivity index (χ1v) is 6.42. The van der Waals surface area contributed by atoms with Crippen LogP contribution in [0.2, 0.25) is 0 Å². The Balaban J connectivity index is 1.93. The average molecular weight is 209 g/mol. The molecule has 0 spiro atoms. The molecule has 0 bridgehead atoms. The SMILES string of the molecule is CC1CCCCC1N(C)C1CCC(=O)C1. The van der Waals surface area contributed by atoms with E-state index in [1.165, 1.54) is 25.7 Å². The van der Waals surface area contributed by atoms with Crippen LogP contribution in [0.25, 0.3) is 0 Å². The third-order valence-electron chi connectivity index (χ3n) is 4.38. The Labute approximate surface area is 93.0 Å². The molecular weight excluding hydrogens is 186 g/mol. The molecule has 0 aromatic rings. The van der Waals surface area contributed by atoms with Crippen molar-refractivity contribution in [3.63, 3.8) is 0 Å². The zero-order chi connectivity index (χ0) is 10.8. The Hall–Kier alpha value is -0.370. The maximum atomic E-state index is 11.3. The molecule has 0 heterocycles. The highest BCUT2D eigenvalue weighted by molar-refractivity contribution is 5.81. The van der Waals surface area contributed by atoms with Crippen LogP contribution in [0.4, 0.5) is 0 Å². The minimum Gasteiger partial charge on any atom is -0.300 e. The van der Waals surface area contributed by atoms with E-state index in [0.29, 0.717) is 11.8 Å². The van der Waals surface area contributed by atoms with Crippen LogP contribution in [-0.4, -0.2) is 29.8 Å². The molecule has 0 aromatic carbocycles. The summed E-state index contributed by atoms with van der Waals surface area (Å²) in [5.41, 5.74) is 0. The molecule has 0 saturated heterocycles. The largest absolute Gasteiger partial charge is 0.300 e. The summed E-state index contributed by atoms with van der Waals surface area (Å²) in [5.74, 6) is 1.29. The van der Waals surface area contributed by atoms with Crippen LogP contribution in [0.5, 0.6) is 0 Å². The summed E-state index contributed by atoms with van der Waals surface area (Å²) in [7, 11) is 2.23. The maximum Gasteiger partial charge on any atom is 0.134 e. The fourth-order valence-electron chi connectivity index (χ4n) is 3.31. The Morgan fingerprint density at radius 3 is 2.53 bits per heavy atom. The predicted molar refractivity (Wildman–Crippen MR) is 61.8 cm³/mol. The molecule has 2 nitrogen and oxygen atoms in total. The standard InChI is InChI=1S/C13H23NO/c1-10-5-3-4-6-13(10)14(2)11-7-8-12(15)9-11/h10-11,13H,3-9H2,1-2H3. The molecule has 86 valence electrons. The van der Waals surface area contributed by atoms with Crippen LogP contribution in [0, 0.1) is 5.92 Å². The quantitative estimate of drug-likeness (QED) is 0.697. The summed E-state index contributed by atoms with van der Waals surface area (Å²) in [6, 6.07) is 1.28. The molecular formula is C13H23NO. The van der Waals surface area contributed by atoms with Crippen LogP contribution >= 0.6 is 0 Å². The lowest BCUT2D eigenvalue weighted by Crippen LogP contribution is -2.44. The van der Waals surface area contributed by atoms with Crippen LogP contribution < -0.4 is 0 Å². The average Bonchev–Trinajstić information content (AvgIpc) is 2.65. The van der Waals surface area contributed by atoms with Crippen molar-refractivity contribution in [2.45, 2.75) is 64.0 Å². The van der Waals surface area contributed by atoms with Gasteiger partial charge in [-0.2, -0.15) is 0 Å². The smallest absolute Gasteiger partial charge is 0.134 e. The molecule has 15 heavy (non-hydrogen) atoms. The molecule has 3 atom stereocenters. The fourth-order valence-corrected chi connectivity index (χ4v) is 3.31. The van der Waals surface area contributed by atoms with E-state index in [9.17, 15) is 4.79 Å². The van der Waals surface area contributed by atoms with Crippen molar-refractivity contribution in [1.82, 2.24) is 4.90 Å². The van der Waals surface area contributed by atoms with Gasteiger partial charge in [-0.3, -0.25) is 9.69 Å². The van der Waals surface area contributed by atoms with E-state index < -0.39 is 0 Å². The van der Waals surface area contributed by atoms with E-state index in [1.807, 2.05) is 0 Å². The van der Waals surface area contributed by atoms with E-state index in [0.717, 1.165) is 31.2 Å². The lowest BCUT2D eigenvalue weighted by molar-refractivity contribution is -0.117. The Morgan fingerprint density at radius 1 is 1.20 bits per heavy atom. The number of ketones is 1. The van der Waals surface area contributed by atoms with Gasteiger partial charge in [0.1, 0.15) is 5.78 Å². The van der Waals surface area contributed by atoms with Gasteiger partial charge in [-0.15, -0.1) is 0 Å². The van der Waals surface area contributed by atoms with Crippen molar-refractivity contribution < 1.29 is 4.79 Å². The summed E-state index contributed by atoms with van der Waals surface area (Å²) < 4.78 is 0. The number of carbonyl (C=O) groups is 1. The molecule has 0 aromatic heterocycles. The number of hydrogen-bond donors (Lipinski definition) is 0. The maximum absolute atomic E-state index is 11.3. The molecule has 2 aliphatic carbocycles. The van der Waals surface area contributed by atoms with Gasteiger partial charge in [0.05, 0.1) is 0 Å². The lowest BCUT2D eigenvalue weighted by Gasteiger charge is -2.39. The number of hydrogen-bond acceptors (Lipinski definition) is 2. The van der Waals surface area contributed by atoms with E-state index in [-0.39, 0.29) is 0 Å². The second-order valence-corrected chi connectivity index (χ2v) is 5.43. The molecule has 0 aliphatic heterocycles. The second kappa shape index (κ2) is 4.65. The molecule has 2 heteroatoms. The monoisotopic (exact) mass is 209 g/mol. The zero-order valence-corrected chi connectivity index (χ0v) is 10.0. The van der Waals surface area contributed by atoms with Crippen LogP contribution in [0.1, 0.15) is 51.9 Å². The van der Waals surface area contributed by atoms with E-state index in [2.05, 4.69) is 18.9 Å². The highest BCUT2D eigenvalue weighted by Crippen LogP contribution is 2.31. The third-order valence-corrected chi connectivity index (χ3v) is 4.38. The third kappa shape index (κ3) is 2.41. The topological polar surface area (TPSA) is 20.3 Å². The molecule has 2 fully saturated rings. The first kappa shape index (κ1) is 11.1. The van der Waals surface area contributed by atoms with Gasteiger partial charge in [0.15, 0.2) is 0 Å². The Kier molecular flexibility index (Phi) is 3.45. The van der Waals surface area contributed by atoms with Crippen molar-refractivity contribution in [3.05, 3.63) is 0 Å². The Bertz CT molecular complexity index is 239. The van der Waals surface area contributed by atoms with Crippen molar-refractivity contribution in [3.8, 4) is 0 Å². The molecule has 2 aliphatic rings. The number of carbonyl (C=O) groups excluding carboxylic acids is 1. The Morgan fingerprint density at radius 2 is 1.93 bits per heavy atom. The first-order valence-electron chi connectivity index (χ1n) is 6.42. The van der Waals surface area contributed by atoms with Gasteiger partial charge in [-0.25, -0.2) is 0 Å². The minimum atomic E-state index is 0.468. The van der Waals surface area contributed by atoms with E-state index in [1.54, 1.807) is 0 Å². The number of nitrogens with zero attached hydrogens (tertiary/aromatic N) is 1. The number of rotatable bonds is 2. The van der Waals surface area contributed by atoms with Crippen molar-refractivity contribution in [2.24, 2.45) is 5.92 Å². The van der Waals surface area contributed by atoms with Gasteiger partial charge in [-0.1, -0.05) is 19.8 Å². The van der Waals surface area contributed by atoms with Crippen molar-refractivity contribution in [2.75, 3.05) is 7.05 Å². The summed E-state index contributed by atoms with van der Waals surface area (Å²) in [6.45, 7) is 2.37. The zero-order valence-electron chi connectivity index (χ0n) is 10.0. The van der Waals surface area contributed by atoms with Gasteiger partial charge < -0.3 is 0 Å². The molecule has 2 rings (SSSR count). The van der Waals surface area contributed by atoms with Crippen LogP contribution in [0.15, 0.2) is 0 Å². The summed E-state index contributed by atoms with van der Waals surface area (Å²) in [6.07, 6.45) is 8.20. The van der Waals surface area contributed by atoms with Gasteiger partial charge in [-0.05, 0) is 32.2 Å². The summed E-state index contributed by atoms with van der Waals surface area (Å²) in [4.78, 5) is 13.8. The highest BCUT2D eigenvalue weighted by atomic mass is 16.1. The molecule has 2 saturated carbocycles. The first-order chi connectivity index (χ1) is 7.18. The number of Topliss-reactive ketones (excluding diaryl/α,β-unsaturated/α-hetero) is 1. The van der Waals surface area contributed by atoms with Gasteiger partial charge in [0, 0.05) is 24.9 Å². The van der Waals surface area contributed by atoms with Gasteiger partial charge in [0.25, 0.3) is 0 Å². The summed E-state index contributed by atoms with van der Waals surface area (Å²) in [5, 5.41) is 0. The highest BCUT2D eigenvalue weighted by Gasteiger charge is 2.32. The summed E-state index contributed by atoms with van der Waals surface area (Å²) >= 11 is 0. The molecule has 0 N–H and O–H groups in total. The normalized spacial score (nSPS) is 37.5. The lowest BCUT2D eigenvalue weighted by atomic mass is 9.84. The van der Waals surface area contributed by atoms with E-state index in [4.69, 9.17) is 0 Å². The van der Waals surface area contributed by atoms with Crippen molar-refractivity contribution in [1.29, 1.82) is 0 Å². The second-order valence-electron chi connectivity index (χ2n) is 5.43. The minimum absolute atomic E-state index is 0.468. The van der Waals surface area contributed by atoms with E-state index >= 15 is 0 Å². The van der Waals surface area contributed by atoms with Gasteiger partial charge >= 0.3 is 0 Å². The van der Waals surface area contributed by atoms with Crippen LogP contribution in [-0.2, 0) is 4.79 Å². The molecule has 3 unspecified atom stereocenters. The molecule has 0 radical (unpaired) electrons. The fraction of sp³-hybridized carbons (Fsp3) is 0.923. The predicted octanol–water partition coefficient (Wildman–Crippen LogP) is 2.62. The van der Waals surface area contributed by atoms with Gasteiger partial charge in [0.2, 0.25) is 0 Å². The molecule has 0 amide bonds. The van der Waals surface area contributed by atoms with Crippen molar-refractivity contribution >= 4 is 5.78 Å².